The lowest BCUT2D eigenvalue weighted by molar-refractivity contribution is 0.0687. The molecule has 0 atom stereocenters. The van der Waals surface area contributed by atoms with Crippen LogP contribution in [0.3, 0.4) is 0 Å². The van der Waals surface area contributed by atoms with Gasteiger partial charge in [0.2, 0.25) is 0 Å². The monoisotopic (exact) mass is 646 g/mol. The molecule has 0 radical (unpaired) electrons. The van der Waals surface area contributed by atoms with Crippen LogP contribution in [0.25, 0.3) is 22.3 Å². The van der Waals surface area contributed by atoms with Crippen molar-refractivity contribution in [2.75, 3.05) is 10.6 Å². The number of nitrogens with one attached hydrogen (secondary N) is 2. The highest BCUT2D eigenvalue weighted by Crippen LogP contribution is 2.26. The van der Waals surface area contributed by atoms with E-state index >= 15 is 0 Å². The van der Waals surface area contributed by atoms with Crippen LogP contribution in [0.15, 0.2) is 146 Å². The number of aromatic carboxylic acids is 2. The van der Waals surface area contributed by atoms with Gasteiger partial charge in [0.25, 0.3) is 11.8 Å². The van der Waals surface area contributed by atoms with Crippen LogP contribution < -0.4 is 10.6 Å². The summed E-state index contributed by atoms with van der Waals surface area (Å²) in [5, 5.41) is 25.3. The van der Waals surface area contributed by atoms with Gasteiger partial charge >= 0.3 is 11.9 Å². The second kappa shape index (κ2) is 14.3. The average Bonchev–Trinajstić information content (AvgIpc) is 3.13. The van der Waals surface area contributed by atoms with Crippen molar-refractivity contribution in [2.24, 2.45) is 0 Å². The van der Waals surface area contributed by atoms with Gasteiger partial charge in [-0.2, -0.15) is 0 Å². The van der Waals surface area contributed by atoms with Crippen molar-refractivity contribution in [3.63, 3.8) is 0 Å². The standard InChI is InChI=1S/C41H30N2O6/c44-38(32-17-13-30(14-18-32)28-7-3-1-4-8-28)42-36-21-11-26(24-34(36)40(46)47)23-27-12-22-37(35(25-27)41(48)49)43-39(45)33-19-15-31(16-20-33)29-9-5-2-6-10-29/h1-22,24-25H,23H2,(H,42,44)(H,43,45)(H,46,47)(H,48,49). The summed E-state index contributed by atoms with van der Waals surface area (Å²) in [6, 6.07) is 42.8. The van der Waals surface area contributed by atoms with Crippen LogP contribution in [0.4, 0.5) is 11.4 Å². The maximum Gasteiger partial charge on any atom is 0.337 e. The molecule has 0 aliphatic rings. The zero-order valence-electron chi connectivity index (χ0n) is 26.1. The van der Waals surface area contributed by atoms with Crippen LogP contribution >= 0.6 is 0 Å². The van der Waals surface area contributed by atoms with Gasteiger partial charge in [-0.15, -0.1) is 0 Å². The third kappa shape index (κ3) is 7.61. The number of carbonyl (C=O) groups is 4. The molecule has 0 aliphatic heterocycles. The Bertz CT molecular complexity index is 2000. The fraction of sp³-hybridized carbons (Fsp3) is 0.0244. The molecule has 6 rings (SSSR count). The Balaban J connectivity index is 1.15. The second-order valence-corrected chi connectivity index (χ2v) is 11.3. The first-order chi connectivity index (χ1) is 23.7. The lowest BCUT2D eigenvalue weighted by atomic mass is 9.99. The van der Waals surface area contributed by atoms with Crippen molar-refractivity contribution >= 4 is 35.1 Å². The van der Waals surface area contributed by atoms with E-state index in [1.165, 1.54) is 24.3 Å². The molecule has 4 N–H and O–H groups in total. The molecule has 2 amide bonds. The minimum Gasteiger partial charge on any atom is -0.478 e. The van der Waals surface area contributed by atoms with Gasteiger partial charge in [-0.05, 0) is 88.3 Å². The molecule has 6 aromatic carbocycles. The molecule has 240 valence electrons. The number of carboxylic acid groups (broad SMARTS) is 2. The lowest BCUT2D eigenvalue weighted by Crippen LogP contribution is -2.15. The van der Waals surface area contributed by atoms with E-state index in [1.54, 1.807) is 36.4 Å². The Morgan fingerprint density at radius 3 is 1.12 bits per heavy atom. The molecule has 0 bridgehead atoms. The number of hydrogen-bond acceptors (Lipinski definition) is 4. The van der Waals surface area contributed by atoms with Crippen LogP contribution in [0.2, 0.25) is 0 Å². The largest absolute Gasteiger partial charge is 0.478 e. The minimum atomic E-state index is -1.22. The Morgan fingerprint density at radius 1 is 0.429 bits per heavy atom. The molecule has 6 aromatic rings. The fourth-order valence-corrected chi connectivity index (χ4v) is 5.49. The first-order valence-electron chi connectivity index (χ1n) is 15.4. The molecule has 8 nitrogen and oxygen atoms in total. The van der Waals surface area contributed by atoms with Crippen LogP contribution in [-0.2, 0) is 6.42 Å². The summed E-state index contributed by atoms with van der Waals surface area (Å²) in [6.07, 6.45) is 0.213. The zero-order valence-corrected chi connectivity index (χ0v) is 26.1. The third-order valence-corrected chi connectivity index (χ3v) is 8.04. The van der Waals surface area contributed by atoms with Crippen molar-refractivity contribution in [1.82, 2.24) is 0 Å². The van der Waals surface area contributed by atoms with Gasteiger partial charge in [-0.1, -0.05) is 97.1 Å². The molecular formula is C41H30N2O6. The molecule has 0 saturated heterocycles. The maximum atomic E-state index is 13.0. The van der Waals surface area contributed by atoms with Gasteiger partial charge in [0, 0.05) is 11.1 Å². The Morgan fingerprint density at radius 2 is 0.776 bits per heavy atom. The molecule has 8 heteroatoms. The summed E-state index contributed by atoms with van der Waals surface area (Å²) in [6.45, 7) is 0. The topological polar surface area (TPSA) is 133 Å². The van der Waals surface area contributed by atoms with E-state index in [-0.39, 0.29) is 28.9 Å². The van der Waals surface area contributed by atoms with Crippen molar-refractivity contribution in [3.05, 3.63) is 179 Å². The Hall–Kier alpha value is -6.80. The van der Waals surface area contributed by atoms with Crippen LogP contribution in [-0.4, -0.2) is 34.0 Å². The van der Waals surface area contributed by atoms with Crippen molar-refractivity contribution in [3.8, 4) is 22.3 Å². The van der Waals surface area contributed by atoms with E-state index in [4.69, 9.17) is 0 Å². The minimum absolute atomic E-state index is 0.104. The smallest absolute Gasteiger partial charge is 0.337 e. The van der Waals surface area contributed by atoms with E-state index < -0.39 is 23.8 Å². The van der Waals surface area contributed by atoms with Gasteiger partial charge in [0.1, 0.15) is 0 Å². The number of amides is 2. The quantitative estimate of drug-likeness (QED) is 0.118. The van der Waals surface area contributed by atoms with Crippen LogP contribution in [0.1, 0.15) is 52.6 Å². The molecular weight excluding hydrogens is 616 g/mol. The second-order valence-electron chi connectivity index (χ2n) is 11.3. The maximum absolute atomic E-state index is 13.0. The summed E-state index contributed by atoms with van der Waals surface area (Å²) in [4.78, 5) is 50.3. The van der Waals surface area contributed by atoms with Crippen molar-refractivity contribution in [1.29, 1.82) is 0 Å². The first kappa shape index (κ1) is 32.2. The van der Waals surface area contributed by atoms with Crippen molar-refractivity contribution < 1.29 is 29.4 Å². The molecule has 49 heavy (non-hydrogen) atoms. The summed E-state index contributed by atoms with van der Waals surface area (Å²) >= 11 is 0. The predicted molar refractivity (Wildman–Crippen MR) is 189 cm³/mol. The fourth-order valence-electron chi connectivity index (χ4n) is 5.49. The Labute approximate surface area is 282 Å². The highest BCUT2D eigenvalue weighted by molar-refractivity contribution is 6.09. The van der Waals surface area contributed by atoms with E-state index in [2.05, 4.69) is 10.6 Å². The van der Waals surface area contributed by atoms with E-state index in [1.807, 2.05) is 84.9 Å². The number of benzene rings is 6. The normalized spacial score (nSPS) is 10.6. The van der Waals surface area contributed by atoms with Gasteiger partial charge in [-0.25, -0.2) is 9.59 Å². The van der Waals surface area contributed by atoms with Gasteiger partial charge in [-0.3, -0.25) is 9.59 Å². The van der Waals surface area contributed by atoms with Crippen molar-refractivity contribution in [2.45, 2.75) is 6.42 Å². The summed E-state index contributed by atoms with van der Waals surface area (Å²) < 4.78 is 0. The summed E-state index contributed by atoms with van der Waals surface area (Å²) in [5.74, 6) is -3.35. The predicted octanol–water partition coefficient (Wildman–Crippen LogP) is 8.51. The summed E-state index contributed by atoms with van der Waals surface area (Å²) in [7, 11) is 0. The molecule has 0 saturated carbocycles. The van der Waals surface area contributed by atoms with Crippen LogP contribution in [0, 0.1) is 0 Å². The first-order valence-corrected chi connectivity index (χ1v) is 15.4. The van der Waals surface area contributed by atoms with Gasteiger partial charge in [0.05, 0.1) is 22.5 Å². The molecule has 0 aromatic heterocycles. The molecule has 0 fully saturated rings. The number of anilines is 2. The van der Waals surface area contributed by atoms with Gasteiger partial charge < -0.3 is 20.8 Å². The highest BCUT2D eigenvalue weighted by atomic mass is 16.4. The number of hydrogen-bond donors (Lipinski definition) is 4. The molecule has 0 aliphatic carbocycles. The molecule has 0 heterocycles. The lowest BCUT2D eigenvalue weighted by Gasteiger charge is -2.13. The van der Waals surface area contributed by atoms with Gasteiger partial charge in [0.15, 0.2) is 0 Å². The van der Waals surface area contributed by atoms with E-state index in [0.29, 0.717) is 22.3 Å². The van der Waals surface area contributed by atoms with E-state index in [9.17, 15) is 29.4 Å². The van der Waals surface area contributed by atoms with E-state index in [0.717, 1.165) is 22.3 Å². The third-order valence-electron chi connectivity index (χ3n) is 8.04. The average molecular weight is 647 g/mol. The summed E-state index contributed by atoms with van der Waals surface area (Å²) in [5.41, 5.74) is 5.91. The number of rotatable bonds is 10. The van der Waals surface area contributed by atoms with Crippen LogP contribution in [0.5, 0.6) is 0 Å². The highest BCUT2D eigenvalue weighted by Gasteiger charge is 2.18. The number of carbonyl (C=O) groups excluding carboxylic acids is 2. The number of carboxylic acids is 2. The molecule has 0 spiro atoms. The SMILES string of the molecule is O=C(Nc1ccc(Cc2ccc(NC(=O)c3ccc(-c4ccccc4)cc3)c(C(=O)O)c2)cc1C(=O)O)c1ccc(-c2ccccc2)cc1. The molecule has 0 unspecified atom stereocenters. The zero-order chi connectivity index (χ0) is 34.3. The Kier molecular flexibility index (Phi) is 9.39.